The predicted octanol–water partition coefficient (Wildman–Crippen LogP) is 2.60. The third kappa shape index (κ3) is 3.69. The molecule has 0 aliphatic rings. The van der Waals surface area contributed by atoms with Gasteiger partial charge in [-0.25, -0.2) is 4.98 Å². The van der Waals surface area contributed by atoms with Gasteiger partial charge in [-0.05, 0) is 24.6 Å². The number of nitrogens with one attached hydrogen (secondary N) is 1. The summed E-state index contributed by atoms with van der Waals surface area (Å²) >= 11 is 0. The van der Waals surface area contributed by atoms with E-state index in [0.29, 0.717) is 16.7 Å². The van der Waals surface area contributed by atoms with Crippen LogP contribution in [-0.4, -0.2) is 26.1 Å². The Labute approximate surface area is 109 Å². The maximum atomic E-state index is 12.0. The second-order valence-electron chi connectivity index (χ2n) is 4.09. The van der Waals surface area contributed by atoms with Crippen molar-refractivity contribution < 1.29 is 17.4 Å². The largest absolute Gasteiger partial charge is 0.399 e. The normalized spacial score (nSPS) is 13.8. The molecule has 1 heterocycles. The molecular weight excluding hydrogens is 279 g/mol. The number of fused-ring (bicyclic) bond motifs is 1. The first-order valence-corrected chi connectivity index (χ1v) is 6.87. The van der Waals surface area contributed by atoms with Crippen LogP contribution in [0.3, 0.4) is 0 Å². The second kappa shape index (κ2) is 5.20. The number of hydrogen-bond donors (Lipinski definition) is 2. The average Bonchev–Trinajstić information content (AvgIpc) is 2.70. The lowest BCUT2D eigenvalue weighted by atomic mass is 10.3. The molecule has 0 aliphatic heterocycles. The molecule has 4 nitrogen and oxygen atoms in total. The van der Waals surface area contributed by atoms with Gasteiger partial charge in [-0.1, -0.05) is 0 Å². The van der Waals surface area contributed by atoms with Crippen molar-refractivity contribution in [3.63, 3.8) is 0 Å². The molecule has 0 fully saturated rings. The molecular formula is C11H12F3N3OS. The van der Waals surface area contributed by atoms with Crippen LogP contribution in [0.4, 0.5) is 18.9 Å². The highest BCUT2D eigenvalue weighted by Gasteiger charge is 2.26. The van der Waals surface area contributed by atoms with Gasteiger partial charge in [0, 0.05) is 17.9 Å². The fourth-order valence-corrected chi connectivity index (χ4v) is 2.64. The molecule has 0 radical (unpaired) electrons. The number of benzene rings is 1. The lowest BCUT2D eigenvalue weighted by Gasteiger charge is -2.04. The summed E-state index contributed by atoms with van der Waals surface area (Å²) in [5.74, 6) is -0.0746. The van der Waals surface area contributed by atoms with Gasteiger partial charge in [0.05, 0.1) is 21.8 Å². The van der Waals surface area contributed by atoms with Gasteiger partial charge in [0.15, 0.2) is 5.16 Å². The van der Waals surface area contributed by atoms with Crippen molar-refractivity contribution in [2.45, 2.75) is 24.2 Å². The molecule has 0 bridgehead atoms. The van der Waals surface area contributed by atoms with E-state index in [1.54, 1.807) is 18.2 Å². The summed E-state index contributed by atoms with van der Waals surface area (Å²) in [5, 5.41) is 0.183. The summed E-state index contributed by atoms with van der Waals surface area (Å²) in [5.41, 5.74) is 7.34. The highest BCUT2D eigenvalue weighted by Crippen LogP contribution is 2.22. The lowest BCUT2D eigenvalue weighted by molar-refractivity contribution is -0.134. The molecule has 1 unspecified atom stereocenters. The van der Waals surface area contributed by atoms with Crippen molar-refractivity contribution >= 4 is 27.5 Å². The second-order valence-corrected chi connectivity index (χ2v) is 5.57. The number of imidazole rings is 1. The number of nitrogen functional groups attached to an aromatic ring is 1. The fraction of sp³-hybridized carbons (Fsp3) is 0.364. The SMILES string of the molecule is Nc1ccc2nc(S(=O)CCCC(F)(F)F)[nH]c2c1. The minimum absolute atomic E-state index is 0.0746. The molecule has 2 rings (SSSR count). The van der Waals surface area contributed by atoms with Gasteiger partial charge in [0.1, 0.15) is 0 Å². The molecule has 0 saturated carbocycles. The number of nitrogens with zero attached hydrogens (tertiary/aromatic N) is 1. The maximum Gasteiger partial charge on any atom is 0.389 e. The van der Waals surface area contributed by atoms with Gasteiger partial charge in [-0.2, -0.15) is 13.2 Å². The van der Waals surface area contributed by atoms with E-state index in [9.17, 15) is 17.4 Å². The average molecular weight is 291 g/mol. The summed E-state index contributed by atoms with van der Waals surface area (Å²) in [7, 11) is -1.56. The lowest BCUT2D eigenvalue weighted by Crippen LogP contribution is -2.10. The molecule has 19 heavy (non-hydrogen) atoms. The van der Waals surface area contributed by atoms with Gasteiger partial charge >= 0.3 is 6.18 Å². The summed E-state index contributed by atoms with van der Waals surface area (Å²) in [6.45, 7) is 0. The van der Waals surface area contributed by atoms with E-state index in [1.807, 2.05) is 0 Å². The van der Waals surface area contributed by atoms with E-state index in [1.165, 1.54) is 0 Å². The summed E-state index contributed by atoms with van der Waals surface area (Å²) < 4.78 is 47.8. The Morgan fingerprint density at radius 3 is 2.79 bits per heavy atom. The number of halogens is 3. The number of H-pyrrole nitrogens is 1. The standard InChI is InChI=1S/C11H12F3N3OS/c12-11(13,14)4-1-5-19(18)10-16-8-3-2-7(15)6-9(8)17-10/h2-3,6H,1,4-5,15H2,(H,16,17). The van der Waals surface area contributed by atoms with Crippen LogP contribution in [0.15, 0.2) is 23.4 Å². The smallest absolute Gasteiger partial charge is 0.389 e. The van der Waals surface area contributed by atoms with Crippen LogP contribution < -0.4 is 5.73 Å². The van der Waals surface area contributed by atoms with Crippen LogP contribution in [0.1, 0.15) is 12.8 Å². The van der Waals surface area contributed by atoms with E-state index in [-0.39, 0.29) is 17.3 Å². The first-order chi connectivity index (χ1) is 8.85. The van der Waals surface area contributed by atoms with Gasteiger partial charge in [0.2, 0.25) is 0 Å². The van der Waals surface area contributed by atoms with Crippen molar-refractivity contribution in [1.82, 2.24) is 9.97 Å². The first-order valence-electron chi connectivity index (χ1n) is 5.55. The van der Waals surface area contributed by atoms with Crippen LogP contribution in [0.5, 0.6) is 0 Å². The van der Waals surface area contributed by atoms with Crippen LogP contribution in [-0.2, 0) is 10.8 Å². The Morgan fingerprint density at radius 2 is 2.11 bits per heavy atom. The Bertz CT molecular complexity index is 609. The third-order valence-corrected chi connectivity index (χ3v) is 3.77. The molecule has 1 atom stereocenters. The van der Waals surface area contributed by atoms with E-state index >= 15 is 0 Å². The molecule has 1 aromatic carbocycles. The number of aromatic nitrogens is 2. The van der Waals surface area contributed by atoms with Crippen molar-refractivity contribution in [2.75, 3.05) is 11.5 Å². The van der Waals surface area contributed by atoms with E-state index in [0.717, 1.165) is 0 Å². The molecule has 104 valence electrons. The number of rotatable bonds is 4. The van der Waals surface area contributed by atoms with Crippen LogP contribution in [0.2, 0.25) is 0 Å². The van der Waals surface area contributed by atoms with Gasteiger partial charge in [0.25, 0.3) is 0 Å². The predicted molar refractivity (Wildman–Crippen MR) is 67.1 cm³/mol. The third-order valence-electron chi connectivity index (χ3n) is 2.49. The highest BCUT2D eigenvalue weighted by atomic mass is 32.2. The summed E-state index contributed by atoms with van der Waals surface area (Å²) in [6.07, 6.45) is -5.34. The van der Waals surface area contributed by atoms with E-state index in [4.69, 9.17) is 5.73 Å². The first kappa shape index (κ1) is 13.9. The Hall–Kier alpha value is -1.57. The minimum Gasteiger partial charge on any atom is -0.399 e. The van der Waals surface area contributed by atoms with Gasteiger partial charge in [-0.15, -0.1) is 0 Å². The zero-order valence-electron chi connectivity index (χ0n) is 9.83. The Morgan fingerprint density at radius 1 is 1.37 bits per heavy atom. The number of nitrogens with two attached hydrogens (primary N) is 1. The number of hydrogen-bond acceptors (Lipinski definition) is 3. The van der Waals surface area contributed by atoms with Crippen molar-refractivity contribution in [3.8, 4) is 0 Å². The zero-order chi connectivity index (χ0) is 14.0. The number of alkyl halides is 3. The molecule has 8 heteroatoms. The molecule has 0 amide bonds. The molecule has 0 aliphatic carbocycles. The van der Waals surface area contributed by atoms with Crippen LogP contribution in [0.25, 0.3) is 11.0 Å². The van der Waals surface area contributed by atoms with Crippen molar-refractivity contribution in [1.29, 1.82) is 0 Å². The van der Waals surface area contributed by atoms with Crippen molar-refractivity contribution in [3.05, 3.63) is 18.2 Å². The molecule has 0 saturated heterocycles. The molecule has 2 aromatic rings. The summed E-state index contributed by atoms with van der Waals surface area (Å²) in [6, 6.07) is 4.95. The van der Waals surface area contributed by atoms with Gasteiger partial charge in [-0.3, -0.25) is 4.21 Å². The number of aromatic amines is 1. The number of anilines is 1. The molecule has 1 aromatic heterocycles. The maximum absolute atomic E-state index is 12.0. The van der Waals surface area contributed by atoms with E-state index in [2.05, 4.69) is 9.97 Å². The Kier molecular flexibility index (Phi) is 3.79. The van der Waals surface area contributed by atoms with Crippen LogP contribution in [0, 0.1) is 0 Å². The van der Waals surface area contributed by atoms with Gasteiger partial charge < -0.3 is 10.7 Å². The highest BCUT2D eigenvalue weighted by molar-refractivity contribution is 7.84. The van der Waals surface area contributed by atoms with E-state index < -0.39 is 23.4 Å². The minimum atomic E-state index is -4.22. The zero-order valence-corrected chi connectivity index (χ0v) is 10.6. The van der Waals surface area contributed by atoms with Crippen LogP contribution >= 0.6 is 0 Å². The topological polar surface area (TPSA) is 71.8 Å². The van der Waals surface area contributed by atoms with Crippen molar-refractivity contribution in [2.24, 2.45) is 0 Å². The Balaban J connectivity index is 2.05. The fourth-order valence-electron chi connectivity index (χ4n) is 1.61. The molecule has 3 N–H and O–H groups in total. The monoisotopic (exact) mass is 291 g/mol. The quantitative estimate of drug-likeness (QED) is 0.850. The molecule has 0 spiro atoms. The summed E-state index contributed by atoms with van der Waals surface area (Å²) in [4.78, 5) is 6.89.